The van der Waals surface area contributed by atoms with Gasteiger partial charge in [0.1, 0.15) is 6.04 Å². The first kappa shape index (κ1) is 17.9. The van der Waals surface area contributed by atoms with Gasteiger partial charge in [0.15, 0.2) is 0 Å². The second kappa shape index (κ2) is 8.95. The van der Waals surface area contributed by atoms with Gasteiger partial charge in [0.2, 0.25) is 5.91 Å². The van der Waals surface area contributed by atoms with E-state index in [1.165, 1.54) is 18.9 Å². The molecule has 1 N–H and O–H groups in total. The summed E-state index contributed by atoms with van der Waals surface area (Å²) >= 11 is 7.37. The van der Waals surface area contributed by atoms with Crippen LogP contribution in [0.15, 0.2) is 29.2 Å². The molecule has 0 saturated carbocycles. The van der Waals surface area contributed by atoms with Crippen molar-refractivity contribution in [1.82, 2.24) is 5.32 Å². The Labute approximate surface area is 134 Å². The van der Waals surface area contributed by atoms with Gasteiger partial charge >= 0.3 is 5.97 Å². The van der Waals surface area contributed by atoms with E-state index in [-0.39, 0.29) is 17.6 Å². The number of thioether (sulfide) groups is 1. The van der Waals surface area contributed by atoms with E-state index < -0.39 is 12.0 Å². The summed E-state index contributed by atoms with van der Waals surface area (Å²) in [7, 11) is 1.32. The number of hydrogen-bond donors (Lipinski definition) is 1. The maximum atomic E-state index is 12.0. The first-order chi connectivity index (χ1) is 9.99. The van der Waals surface area contributed by atoms with Crippen molar-refractivity contribution in [2.75, 3.05) is 12.9 Å². The number of methoxy groups -OCH3 is 1. The number of carbonyl (C=O) groups excluding carboxylic acids is 2. The molecule has 2 atom stereocenters. The summed E-state index contributed by atoms with van der Waals surface area (Å²) in [4.78, 5) is 24.5. The number of hydrogen-bond acceptors (Lipinski definition) is 4. The number of carbonyl (C=O) groups is 2. The molecule has 0 unspecified atom stereocenters. The van der Waals surface area contributed by atoms with Crippen molar-refractivity contribution in [1.29, 1.82) is 0 Å². The zero-order chi connectivity index (χ0) is 15.8. The fourth-order valence-electron chi connectivity index (χ4n) is 1.72. The van der Waals surface area contributed by atoms with E-state index in [9.17, 15) is 9.59 Å². The van der Waals surface area contributed by atoms with E-state index in [4.69, 9.17) is 16.3 Å². The maximum absolute atomic E-state index is 12.0. The van der Waals surface area contributed by atoms with Gasteiger partial charge in [0.05, 0.1) is 17.9 Å². The molecule has 0 radical (unpaired) electrons. The van der Waals surface area contributed by atoms with Crippen LogP contribution in [0.3, 0.4) is 0 Å². The Balaban J connectivity index is 2.58. The van der Waals surface area contributed by atoms with Crippen LogP contribution in [0, 0.1) is 5.92 Å². The second-order valence-corrected chi connectivity index (χ2v) is 6.10. The summed E-state index contributed by atoms with van der Waals surface area (Å²) in [6, 6.07) is 6.72. The molecule has 1 aromatic carbocycles. The average molecular weight is 330 g/mol. The van der Waals surface area contributed by atoms with Crippen molar-refractivity contribution in [3.8, 4) is 0 Å². The molecule has 1 rings (SSSR count). The molecule has 0 aliphatic rings. The Hall–Kier alpha value is -1.20. The third kappa shape index (κ3) is 5.59. The standard InChI is InChI=1S/C15H20ClNO3S/c1-4-10(2)14(15(19)20-3)17-13(18)9-21-12-8-6-5-7-11(12)16/h5-8,10,14H,4,9H2,1-3H3,(H,17,18)/t10-,14+/m1/s1. The highest BCUT2D eigenvalue weighted by Gasteiger charge is 2.26. The molecule has 1 amide bonds. The Morgan fingerprint density at radius 2 is 2.05 bits per heavy atom. The minimum Gasteiger partial charge on any atom is -0.467 e. The number of amides is 1. The minimum absolute atomic E-state index is 0.0201. The molecule has 0 spiro atoms. The lowest BCUT2D eigenvalue weighted by Gasteiger charge is -2.21. The molecule has 0 saturated heterocycles. The molecule has 0 heterocycles. The third-order valence-electron chi connectivity index (χ3n) is 3.18. The highest BCUT2D eigenvalue weighted by atomic mass is 35.5. The molecule has 0 bridgehead atoms. The molecule has 0 aliphatic carbocycles. The Morgan fingerprint density at radius 3 is 2.62 bits per heavy atom. The number of benzene rings is 1. The average Bonchev–Trinajstić information content (AvgIpc) is 2.50. The van der Waals surface area contributed by atoms with Crippen molar-refractivity contribution < 1.29 is 14.3 Å². The van der Waals surface area contributed by atoms with Crippen molar-refractivity contribution in [2.24, 2.45) is 5.92 Å². The first-order valence-electron chi connectivity index (χ1n) is 6.74. The Bertz CT molecular complexity index is 496. The zero-order valence-electron chi connectivity index (χ0n) is 12.4. The summed E-state index contributed by atoms with van der Waals surface area (Å²) < 4.78 is 4.74. The van der Waals surface area contributed by atoms with E-state index >= 15 is 0 Å². The number of ether oxygens (including phenoxy) is 1. The van der Waals surface area contributed by atoms with Gasteiger partial charge in [-0.15, -0.1) is 11.8 Å². The van der Waals surface area contributed by atoms with Crippen molar-refractivity contribution >= 4 is 35.2 Å². The molecule has 6 heteroatoms. The second-order valence-electron chi connectivity index (χ2n) is 4.67. The Kier molecular flexibility index (Phi) is 7.61. The van der Waals surface area contributed by atoms with Crippen LogP contribution in [0.1, 0.15) is 20.3 Å². The lowest BCUT2D eigenvalue weighted by molar-refractivity contribution is -0.146. The number of rotatable bonds is 7. The largest absolute Gasteiger partial charge is 0.467 e. The van der Waals surface area contributed by atoms with Gasteiger partial charge < -0.3 is 10.1 Å². The maximum Gasteiger partial charge on any atom is 0.328 e. The van der Waals surface area contributed by atoms with Gasteiger partial charge in [-0.1, -0.05) is 44.0 Å². The molecular formula is C15H20ClNO3S. The number of halogens is 1. The summed E-state index contributed by atoms with van der Waals surface area (Å²) in [6.45, 7) is 3.87. The lowest BCUT2D eigenvalue weighted by Crippen LogP contribution is -2.46. The summed E-state index contributed by atoms with van der Waals surface area (Å²) in [6.07, 6.45) is 0.775. The molecular weight excluding hydrogens is 310 g/mol. The van der Waals surface area contributed by atoms with Crippen LogP contribution in [0.4, 0.5) is 0 Å². The smallest absolute Gasteiger partial charge is 0.328 e. The van der Waals surface area contributed by atoms with E-state index in [1.54, 1.807) is 6.07 Å². The van der Waals surface area contributed by atoms with Crippen LogP contribution in [0.25, 0.3) is 0 Å². The van der Waals surface area contributed by atoms with Crippen LogP contribution in [0.5, 0.6) is 0 Å². The molecule has 0 fully saturated rings. The fraction of sp³-hybridized carbons (Fsp3) is 0.467. The predicted octanol–water partition coefficient (Wildman–Crippen LogP) is 3.14. The Morgan fingerprint density at radius 1 is 1.38 bits per heavy atom. The highest BCUT2D eigenvalue weighted by molar-refractivity contribution is 8.00. The highest BCUT2D eigenvalue weighted by Crippen LogP contribution is 2.26. The predicted molar refractivity (Wildman–Crippen MR) is 85.6 cm³/mol. The molecule has 21 heavy (non-hydrogen) atoms. The molecule has 4 nitrogen and oxygen atoms in total. The van der Waals surface area contributed by atoms with Crippen LogP contribution in [0.2, 0.25) is 5.02 Å². The topological polar surface area (TPSA) is 55.4 Å². The first-order valence-corrected chi connectivity index (χ1v) is 8.10. The van der Waals surface area contributed by atoms with Gasteiger partial charge in [0.25, 0.3) is 0 Å². The molecule has 116 valence electrons. The number of nitrogens with one attached hydrogen (secondary N) is 1. The van der Waals surface area contributed by atoms with Crippen LogP contribution in [-0.4, -0.2) is 30.8 Å². The quantitative estimate of drug-likeness (QED) is 0.617. The molecule has 0 aliphatic heterocycles. The SMILES string of the molecule is CC[C@@H](C)[C@H](NC(=O)CSc1ccccc1Cl)C(=O)OC. The summed E-state index contributed by atoms with van der Waals surface area (Å²) in [5.41, 5.74) is 0. The van der Waals surface area contributed by atoms with E-state index in [2.05, 4.69) is 5.32 Å². The third-order valence-corrected chi connectivity index (χ3v) is 4.70. The van der Waals surface area contributed by atoms with Crippen molar-refractivity contribution in [3.05, 3.63) is 29.3 Å². The monoisotopic (exact) mass is 329 g/mol. The normalized spacial score (nSPS) is 13.3. The van der Waals surface area contributed by atoms with Crippen molar-refractivity contribution in [3.63, 3.8) is 0 Å². The minimum atomic E-state index is -0.612. The van der Waals surface area contributed by atoms with Gasteiger partial charge in [-0.25, -0.2) is 4.79 Å². The number of esters is 1. The van der Waals surface area contributed by atoms with Gasteiger partial charge in [-0.3, -0.25) is 4.79 Å². The van der Waals surface area contributed by atoms with Gasteiger partial charge in [-0.05, 0) is 18.1 Å². The van der Waals surface area contributed by atoms with E-state index in [1.807, 2.05) is 32.0 Å². The van der Waals surface area contributed by atoms with Gasteiger partial charge in [0, 0.05) is 4.90 Å². The summed E-state index contributed by atoms with van der Waals surface area (Å²) in [5.74, 6) is -0.406. The van der Waals surface area contributed by atoms with Crippen LogP contribution in [-0.2, 0) is 14.3 Å². The lowest BCUT2D eigenvalue weighted by atomic mass is 9.99. The summed E-state index contributed by atoms with van der Waals surface area (Å²) in [5, 5.41) is 3.34. The van der Waals surface area contributed by atoms with E-state index in [0.29, 0.717) is 5.02 Å². The zero-order valence-corrected chi connectivity index (χ0v) is 14.0. The molecule has 0 aromatic heterocycles. The van der Waals surface area contributed by atoms with Crippen molar-refractivity contribution in [2.45, 2.75) is 31.2 Å². The van der Waals surface area contributed by atoms with Gasteiger partial charge in [-0.2, -0.15) is 0 Å². The fourth-order valence-corrected chi connectivity index (χ4v) is 2.77. The van der Waals surface area contributed by atoms with Crippen LogP contribution < -0.4 is 5.32 Å². The van der Waals surface area contributed by atoms with Crippen LogP contribution >= 0.6 is 23.4 Å². The molecule has 1 aromatic rings. The van der Waals surface area contributed by atoms with E-state index in [0.717, 1.165) is 11.3 Å².